The molecule has 1 heterocycles. The van der Waals surface area contributed by atoms with E-state index in [1.165, 1.54) is 0 Å². The predicted molar refractivity (Wildman–Crippen MR) is 89.5 cm³/mol. The standard InChI is InChI=1S/C18H22N2O4/c1-6-14(19-17(23)24-18(3,4)5)11(2)20-15(21)12-9-7-8-10-13(12)16(20)22/h7-10,14H,2,6H2,1,3-5H3,(H,19,23)/t14-/m0/s1. The van der Waals surface area contributed by atoms with Crippen molar-refractivity contribution in [3.8, 4) is 0 Å². The molecule has 0 fully saturated rings. The fraction of sp³-hybridized carbons (Fsp3) is 0.389. The molecule has 128 valence electrons. The molecule has 3 amide bonds. The molecule has 6 heteroatoms. The lowest BCUT2D eigenvalue weighted by atomic mass is 10.1. The molecule has 1 aliphatic rings. The number of hydrogen-bond acceptors (Lipinski definition) is 4. The maximum Gasteiger partial charge on any atom is 0.408 e. The lowest BCUT2D eigenvalue weighted by Gasteiger charge is -2.27. The third-order valence-corrected chi connectivity index (χ3v) is 3.58. The van der Waals surface area contributed by atoms with Crippen LogP contribution in [-0.4, -0.2) is 34.5 Å². The molecule has 0 spiro atoms. The Labute approximate surface area is 141 Å². The Morgan fingerprint density at radius 3 is 2.12 bits per heavy atom. The van der Waals surface area contributed by atoms with E-state index in [0.717, 1.165) is 4.90 Å². The van der Waals surface area contributed by atoms with Gasteiger partial charge in [0.2, 0.25) is 0 Å². The Morgan fingerprint density at radius 1 is 1.21 bits per heavy atom. The van der Waals surface area contributed by atoms with E-state index in [1.54, 1.807) is 45.0 Å². The molecule has 0 saturated carbocycles. The molecule has 0 aliphatic carbocycles. The smallest absolute Gasteiger partial charge is 0.408 e. The van der Waals surface area contributed by atoms with Crippen molar-refractivity contribution in [2.45, 2.75) is 45.8 Å². The number of carbonyl (C=O) groups excluding carboxylic acids is 3. The van der Waals surface area contributed by atoms with Crippen molar-refractivity contribution < 1.29 is 19.1 Å². The average Bonchev–Trinajstić information content (AvgIpc) is 2.74. The van der Waals surface area contributed by atoms with Crippen LogP contribution in [0.2, 0.25) is 0 Å². The number of amides is 3. The first-order valence-electron chi connectivity index (χ1n) is 7.82. The maximum absolute atomic E-state index is 12.5. The van der Waals surface area contributed by atoms with Crippen LogP contribution < -0.4 is 5.32 Å². The van der Waals surface area contributed by atoms with Gasteiger partial charge >= 0.3 is 6.09 Å². The molecule has 0 unspecified atom stereocenters. The number of benzene rings is 1. The van der Waals surface area contributed by atoms with E-state index >= 15 is 0 Å². The predicted octanol–water partition coefficient (Wildman–Crippen LogP) is 3.10. The van der Waals surface area contributed by atoms with Crippen LogP contribution in [0, 0.1) is 0 Å². The van der Waals surface area contributed by atoms with Gasteiger partial charge in [-0.25, -0.2) is 9.69 Å². The normalized spacial score (nSPS) is 15.1. The van der Waals surface area contributed by atoms with Crippen LogP contribution in [0.5, 0.6) is 0 Å². The fourth-order valence-corrected chi connectivity index (χ4v) is 2.48. The molecule has 24 heavy (non-hydrogen) atoms. The van der Waals surface area contributed by atoms with Crippen molar-refractivity contribution in [3.63, 3.8) is 0 Å². The lowest BCUT2D eigenvalue weighted by molar-refractivity contribution is 0.0491. The number of alkyl carbamates (subject to hydrolysis) is 1. The molecule has 1 aliphatic heterocycles. The Balaban J connectivity index is 2.17. The molecule has 0 saturated heterocycles. The van der Waals surface area contributed by atoms with Gasteiger partial charge in [-0.15, -0.1) is 0 Å². The van der Waals surface area contributed by atoms with Gasteiger partial charge in [0.15, 0.2) is 0 Å². The zero-order valence-corrected chi connectivity index (χ0v) is 14.4. The minimum atomic E-state index is -0.640. The van der Waals surface area contributed by atoms with E-state index in [4.69, 9.17) is 4.74 Å². The van der Waals surface area contributed by atoms with Crippen LogP contribution in [0.4, 0.5) is 4.79 Å². The summed E-state index contributed by atoms with van der Waals surface area (Å²) < 4.78 is 5.22. The second-order valence-electron chi connectivity index (χ2n) is 6.59. The van der Waals surface area contributed by atoms with Crippen molar-refractivity contribution in [2.75, 3.05) is 0 Å². The third-order valence-electron chi connectivity index (χ3n) is 3.58. The largest absolute Gasteiger partial charge is 0.444 e. The van der Waals surface area contributed by atoms with E-state index < -0.39 is 29.6 Å². The summed E-state index contributed by atoms with van der Waals surface area (Å²) in [5, 5.41) is 2.66. The molecule has 0 radical (unpaired) electrons. The fourth-order valence-electron chi connectivity index (χ4n) is 2.48. The highest BCUT2D eigenvalue weighted by atomic mass is 16.6. The van der Waals surface area contributed by atoms with E-state index in [0.29, 0.717) is 17.5 Å². The maximum atomic E-state index is 12.5. The van der Waals surface area contributed by atoms with E-state index in [9.17, 15) is 14.4 Å². The number of ether oxygens (including phenoxy) is 1. The molecule has 1 atom stereocenters. The van der Waals surface area contributed by atoms with E-state index in [1.807, 2.05) is 6.92 Å². The Morgan fingerprint density at radius 2 is 1.71 bits per heavy atom. The third kappa shape index (κ3) is 3.48. The molecule has 1 aromatic rings. The number of rotatable bonds is 4. The van der Waals surface area contributed by atoms with Gasteiger partial charge in [-0.1, -0.05) is 25.6 Å². The second kappa shape index (κ2) is 6.47. The van der Waals surface area contributed by atoms with Gasteiger partial charge in [0, 0.05) is 5.70 Å². The number of nitrogens with zero attached hydrogens (tertiary/aromatic N) is 1. The zero-order valence-electron chi connectivity index (χ0n) is 14.4. The van der Waals surface area contributed by atoms with Crippen LogP contribution >= 0.6 is 0 Å². The van der Waals surface area contributed by atoms with E-state index in [2.05, 4.69) is 11.9 Å². The lowest BCUT2D eigenvalue weighted by Crippen LogP contribution is -2.44. The number of carbonyl (C=O) groups is 3. The van der Waals surface area contributed by atoms with Crippen molar-refractivity contribution in [2.24, 2.45) is 0 Å². The summed E-state index contributed by atoms with van der Waals surface area (Å²) in [6.07, 6.45) is -0.155. The molecular formula is C18H22N2O4. The SMILES string of the molecule is C=C([C@H](CC)NC(=O)OC(C)(C)C)N1C(=O)c2ccccc2C1=O. The summed E-state index contributed by atoms with van der Waals surface area (Å²) in [6.45, 7) is 10.9. The number of nitrogens with one attached hydrogen (secondary N) is 1. The number of fused-ring (bicyclic) bond motifs is 1. The summed E-state index contributed by atoms with van der Waals surface area (Å²) in [4.78, 5) is 38.0. The molecule has 1 N–H and O–H groups in total. The quantitative estimate of drug-likeness (QED) is 0.861. The van der Waals surface area contributed by atoms with Crippen LogP contribution in [-0.2, 0) is 4.74 Å². The van der Waals surface area contributed by atoms with Gasteiger partial charge in [0.1, 0.15) is 5.60 Å². The van der Waals surface area contributed by atoms with Gasteiger partial charge in [-0.2, -0.15) is 0 Å². The van der Waals surface area contributed by atoms with Crippen LogP contribution in [0.25, 0.3) is 0 Å². The minimum Gasteiger partial charge on any atom is -0.444 e. The highest BCUT2D eigenvalue weighted by Crippen LogP contribution is 2.27. The van der Waals surface area contributed by atoms with Crippen LogP contribution in [0.1, 0.15) is 54.8 Å². The van der Waals surface area contributed by atoms with Gasteiger partial charge in [0.25, 0.3) is 11.8 Å². The second-order valence-corrected chi connectivity index (χ2v) is 6.59. The average molecular weight is 330 g/mol. The first-order chi connectivity index (χ1) is 11.2. The highest BCUT2D eigenvalue weighted by molar-refractivity contribution is 6.22. The molecule has 1 aromatic carbocycles. The molecule has 6 nitrogen and oxygen atoms in total. The summed E-state index contributed by atoms with van der Waals surface area (Å²) in [5.41, 5.74) is 0.278. The van der Waals surface area contributed by atoms with Gasteiger partial charge in [-0.05, 0) is 39.3 Å². The summed E-state index contributed by atoms with van der Waals surface area (Å²) in [6, 6.07) is 6.02. The Hall–Kier alpha value is -2.63. The van der Waals surface area contributed by atoms with Crippen molar-refractivity contribution in [1.29, 1.82) is 0 Å². The van der Waals surface area contributed by atoms with Gasteiger partial charge in [-0.3, -0.25) is 9.59 Å². The summed E-state index contributed by atoms with van der Waals surface area (Å²) >= 11 is 0. The summed E-state index contributed by atoms with van der Waals surface area (Å²) in [7, 11) is 0. The van der Waals surface area contributed by atoms with E-state index in [-0.39, 0.29) is 5.70 Å². The first-order valence-corrected chi connectivity index (χ1v) is 7.82. The highest BCUT2D eigenvalue weighted by Gasteiger charge is 2.39. The van der Waals surface area contributed by atoms with Crippen LogP contribution in [0.3, 0.4) is 0 Å². The van der Waals surface area contributed by atoms with Gasteiger partial charge < -0.3 is 10.1 Å². The van der Waals surface area contributed by atoms with Gasteiger partial charge in [0.05, 0.1) is 17.2 Å². The first kappa shape index (κ1) is 17.7. The van der Waals surface area contributed by atoms with Crippen molar-refractivity contribution >= 4 is 17.9 Å². The van der Waals surface area contributed by atoms with Crippen LogP contribution in [0.15, 0.2) is 36.5 Å². The van der Waals surface area contributed by atoms with Crippen molar-refractivity contribution in [3.05, 3.63) is 47.7 Å². The van der Waals surface area contributed by atoms with Crippen molar-refractivity contribution in [1.82, 2.24) is 10.2 Å². The number of imide groups is 1. The Bertz CT molecular complexity index is 668. The monoisotopic (exact) mass is 330 g/mol. The molecular weight excluding hydrogens is 308 g/mol. The Kier molecular flexibility index (Phi) is 4.78. The topological polar surface area (TPSA) is 75.7 Å². The molecule has 0 bridgehead atoms. The molecule has 2 rings (SSSR count). The minimum absolute atomic E-state index is 0.231. The zero-order chi connectivity index (χ0) is 18.1. The molecule has 0 aromatic heterocycles. The summed E-state index contributed by atoms with van der Waals surface area (Å²) in [5.74, 6) is -0.852. The number of hydrogen-bond donors (Lipinski definition) is 1.